The van der Waals surface area contributed by atoms with E-state index in [9.17, 15) is 5.11 Å². The summed E-state index contributed by atoms with van der Waals surface area (Å²) in [5.41, 5.74) is 16.6. The maximum atomic E-state index is 12.4. The average molecular weight is 903 g/mol. The van der Waals surface area contributed by atoms with E-state index in [0.717, 1.165) is 66.8 Å². The van der Waals surface area contributed by atoms with Crippen LogP contribution in [0.3, 0.4) is 0 Å². The summed E-state index contributed by atoms with van der Waals surface area (Å²) >= 11 is 0. The molecule has 4 heteroatoms. The van der Waals surface area contributed by atoms with Crippen LogP contribution in [0.4, 0.5) is 0 Å². The number of aromatic hydroxyl groups is 1. The summed E-state index contributed by atoms with van der Waals surface area (Å²) < 4.78 is 29.5. The number of pyridine rings is 1. The van der Waals surface area contributed by atoms with Gasteiger partial charge in [0.1, 0.15) is 11.6 Å². The second-order valence-corrected chi connectivity index (χ2v) is 23.0. The van der Waals surface area contributed by atoms with Gasteiger partial charge in [0.2, 0.25) is 0 Å². The highest BCUT2D eigenvalue weighted by molar-refractivity contribution is 5.97. The lowest BCUT2D eigenvalue weighted by Gasteiger charge is -2.26. The van der Waals surface area contributed by atoms with Crippen LogP contribution in [0.25, 0.3) is 72.7 Å². The SMILES string of the molecule is [2H]C([2H])([2H])c1cc(-c2cc(C(C)(C)C)cc(C(C)(C)C)c2)ccc1-n1c(-c2cc(C(C)C)cc(C(C)C)c2O)nc2c(-c3cc(-c4cc(-c5ccc(C(C)C)cc5)ccn4)cc(C(C)(C)C)c3)cccc21. The van der Waals surface area contributed by atoms with Crippen molar-refractivity contribution in [1.82, 2.24) is 14.5 Å². The van der Waals surface area contributed by atoms with Crippen molar-refractivity contribution in [2.45, 2.75) is 145 Å². The summed E-state index contributed by atoms with van der Waals surface area (Å²) in [5, 5.41) is 12.4. The van der Waals surface area contributed by atoms with Gasteiger partial charge in [-0.15, -0.1) is 0 Å². The van der Waals surface area contributed by atoms with Gasteiger partial charge < -0.3 is 5.11 Å². The molecule has 8 aromatic rings. The molecule has 1 N–H and O–H groups in total. The second kappa shape index (κ2) is 18.0. The molecule has 2 heterocycles. The van der Waals surface area contributed by atoms with Crippen molar-refractivity contribution in [3.05, 3.63) is 166 Å². The van der Waals surface area contributed by atoms with E-state index in [1.807, 2.05) is 47.2 Å². The number of imidazole rings is 1. The van der Waals surface area contributed by atoms with E-state index in [2.05, 4.69) is 189 Å². The number of aryl methyl sites for hydroxylation is 1. The van der Waals surface area contributed by atoms with E-state index in [0.29, 0.717) is 28.5 Å². The molecular weight excluding hydrogens is 827 g/mol. The minimum atomic E-state index is -2.51. The minimum absolute atomic E-state index is 0.0185. The Labute approximate surface area is 411 Å². The maximum Gasteiger partial charge on any atom is 0.149 e. The van der Waals surface area contributed by atoms with E-state index >= 15 is 0 Å². The molecule has 68 heavy (non-hydrogen) atoms. The summed E-state index contributed by atoms with van der Waals surface area (Å²) in [6.07, 6.45) is 1.89. The Hall–Kier alpha value is -6.26. The Kier molecular flexibility index (Phi) is 11.7. The summed E-state index contributed by atoms with van der Waals surface area (Å²) in [7, 11) is 0. The van der Waals surface area contributed by atoms with Gasteiger partial charge in [0.15, 0.2) is 0 Å². The smallest absolute Gasteiger partial charge is 0.149 e. The first kappa shape index (κ1) is 44.3. The molecule has 6 aromatic carbocycles. The third kappa shape index (κ3) is 9.57. The van der Waals surface area contributed by atoms with Gasteiger partial charge in [-0.1, -0.05) is 177 Å². The van der Waals surface area contributed by atoms with Gasteiger partial charge in [0.25, 0.3) is 0 Å². The molecule has 2 aromatic heterocycles. The molecule has 0 aliphatic rings. The van der Waals surface area contributed by atoms with Crippen LogP contribution in [0.5, 0.6) is 5.75 Å². The first-order valence-corrected chi connectivity index (χ1v) is 24.5. The number of rotatable bonds is 9. The van der Waals surface area contributed by atoms with E-state index in [1.165, 1.54) is 16.7 Å². The van der Waals surface area contributed by atoms with E-state index in [1.54, 1.807) is 0 Å². The molecule has 0 atom stereocenters. The zero-order valence-corrected chi connectivity index (χ0v) is 43.1. The molecule has 0 aliphatic carbocycles. The third-order valence-electron chi connectivity index (χ3n) is 13.7. The van der Waals surface area contributed by atoms with Crippen LogP contribution >= 0.6 is 0 Å². The Bertz CT molecular complexity index is 3240. The number of para-hydroxylation sites is 1. The van der Waals surface area contributed by atoms with Crippen LogP contribution in [0.1, 0.15) is 165 Å². The highest BCUT2D eigenvalue weighted by atomic mass is 16.3. The highest BCUT2D eigenvalue weighted by Gasteiger charge is 2.26. The third-order valence-corrected chi connectivity index (χ3v) is 13.7. The first-order chi connectivity index (χ1) is 33.1. The van der Waals surface area contributed by atoms with Crippen LogP contribution in [0.15, 0.2) is 128 Å². The number of benzene rings is 6. The summed E-state index contributed by atoms with van der Waals surface area (Å²) in [6.45, 7) is 30.4. The lowest BCUT2D eigenvalue weighted by molar-refractivity contribution is 0.466. The fourth-order valence-electron chi connectivity index (χ4n) is 9.14. The van der Waals surface area contributed by atoms with E-state index < -0.39 is 6.85 Å². The Morgan fingerprint density at radius 2 is 1.10 bits per heavy atom. The molecular formula is C64H73N3O. The molecule has 0 unspecified atom stereocenters. The van der Waals surface area contributed by atoms with Gasteiger partial charge in [-0.25, -0.2) is 4.98 Å². The van der Waals surface area contributed by atoms with Gasteiger partial charge in [0, 0.05) is 21.4 Å². The van der Waals surface area contributed by atoms with Crippen molar-refractivity contribution in [3.8, 4) is 67.5 Å². The number of hydrogen-bond acceptors (Lipinski definition) is 3. The number of fused-ring (bicyclic) bond motifs is 1. The van der Waals surface area contributed by atoms with Crippen molar-refractivity contribution in [2.24, 2.45) is 0 Å². The molecule has 0 aliphatic heterocycles. The van der Waals surface area contributed by atoms with Crippen LogP contribution in [-0.4, -0.2) is 19.6 Å². The molecule has 0 fully saturated rings. The van der Waals surface area contributed by atoms with E-state index in [4.69, 9.17) is 14.1 Å². The monoisotopic (exact) mass is 903 g/mol. The largest absolute Gasteiger partial charge is 0.507 e. The van der Waals surface area contributed by atoms with Gasteiger partial charge in [0.05, 0.1) is 28.0 Å². The molecule has 4 nitrogen and oxygen atoms in total. The van der Waals surface area contributed by atoms with Gasteiger partial charge >= 0.3 is 0 Å². The summed E-state index contributed by atoms with van der Waals surface area (Å²) in [5.74, 6) is 1.24. The maximum absolute atomic E-state index is 12.4. The normalized spacial score (nSPS) is 13.4. The number of phenols is 1. The predicted octanol–water partition coefficient (Wildman–Crippen LogP) is 18.0. The zero-order valence-electron chi connectivity index (χ0n) is 46.1. The lowest BCUT2D eigenvalue weighted by Crippen LogP contribution is -2.16. The Balaban J connectivity index is 1.41. The minimum Gasteiger partial charge on any atom is -0.507 e. The number of aromatic nitrogens is 3. The molecule has 0 saturated heterocycles. The molecule has 0 amide bonds. The zero-order chi connectivity index (χ0) is 51.7. The quantitative estimate of drug-likeness (QED) is 0.157. The number of nitrogens with zero attached hydrogens (tertiary/aromatic N) is 3. The topological polar surface area (TPSA) is 50.9 Å². The first-order valence-electron chi connectivity index (χ1n) is 26.0. The fourth-order valence-corrected chi connectivity index (χ4v) is 9.14. The van der Waals surface area contributed by atoms with Gasteiger partial charge in [-0.2, -0.15) is 0 Å². The van der Waals surface area contributed by atoms with Crippen molar-refractivity contribution >= 4 is 11.0 Å². The molecule has 0 saturated carbocycles. The highest BCUT2D eigenvalue weighted by Crippen LogP contribution is 2.44. The van der Waals surface area contributed by atoms with Crippen LogP contribution in [0.2, 0.25) is 0 Å². The molecule has 8 rings (SSSR count). The number of hydrogen-bond donors (Lipinski definition) is 1. The Morgan fingerprint density at radius 3 is 1.71 bits per heavy atom. The van der Waals surface area contributed by atoms with Crippen molar-refractivity contribution < 1.29 is 9.22 Å². The molecule has 0 radical (unpaired) electrons. The van der Waals surface area contributed by atoms with Crippen molar-refractivity contribution in [3.63, 3.8) is 0 Å². The molecule has 0 bridgehead atoms. The second-order valence-electron chi connectivity index (χ2n) is 23.0. The van der Waals surface area contributed by atoms with Crippen LogP contribution in [0, 0.1) is 6.85 Å². The van der Waals surface area contributed by atoms with Gasteiger partial charge in [-0.05, 0) is 156 Å². The van der Waals surface area contributed by atoms with Crippen LogP contribution < -0.4 is 0 Å². The van der Waals surface area contributed by atoms with Crippen molar-refractivity contribution in [2.75, 3.05) is 0 Å². The number of phenolic OH excluding ortho intramolecular Hbond substituents is 1. The van der Waals surface area contributed by atoms with Gasteiger partial charge in [-0.3, -0.25) is 9.55 Å². The standard InChI is InChI=1S/C64H73N3O/c1-38(2)42-20-22-43(23-21-42)45-26-27-65-56(36-45)49-29-48(32-50(33-49)62(8,9)10)53-18-17-19-58-59(53)66-61(55-35-46(39(3)4)34-54(40(5)6)60(55)68)67(58)57-25-24-44(28-41(57)7)47-30-51(63(11,12)13)37-52(31-47)64(14,15)16/h17-40,68H,1-16H3/i7D3. The molecule has 350 valence electrons. The predicted molar refractivity (Wildman–Crippen MR) is 291 cm³/mol. The average Bonchev–Trinajstić information content (AvgIpc) is 3.69. The van der Waals surface area contributed by atoms with Crippen molar-refractivity contribution in [1.29, 1.82) is 0 Å². The summed E-state index contributed by atoms with van der Waals surface area (Å²) in [6, 6.07) is 42.5. The molecule has 0 spiro atoms. The van der Waals surface area contributed by atoms with Crippen LogP contribution in [-0.2, 0) is 16.2 Å². The summed E-state index contributed by atoms with van der Waals surface area (Å²) in [4.78, 5) is 10.5. The fraction of sp³-hybridized carbons (Fsp3) is 0.344. The van der Waals surface area contributed by atoms with E-state index in [-0.39, 0.29) is 39.4 Å². The lowest BCUT2D eigenvalue weighted by atomic mass is 9.79. The Morgan fingerprint density at radius 1 is 0.515 bits per heavy atom.